The first-order valence-corrected chi connectivity index (χ1v) is 9.86. The summed E-state index contributed by atoms with van der Waals surface area (Å²) in [4.78, 5) is 0. The first-order valence-electron chi connectivity index (χ1n) is 9.49. The maximum atomic E-state index is 6.39. The number of benzene rings is 3. The molecule has 0 fully saturated rings. The standard InChI is InChI=1S/C24H19ClN2/c25-17-10-11-20-18(13-17)23(15-6-2-1-3-7-15)19-14-27-21-9-5-4-8-16(21)12-22(27)24(19)26-20/h1-13,19,23-24,26H,14H2/t19-,23-,24+/m0/s1. The molecule has 2 aliphatic heterocycles. The van der Waals surface area contributed by atoms with Crippen molar-refractivity contribution in [2.45, 2.75) is 18.5 Å². The fourth-order valence-electron chi connectivity index (χ4n) is 5.12. The van der Waals surface area contributed by atoms with Crippen molar-refractivity contribution in [2.75, 3.05) is 5.32 Å². The number of nitrogens with one attached hydrogen (secondary N) is 1. The van der Waals surface area contributed by atoms with Gasteiger partial charge in [-0.2, -0.15) is 0 Å². The molecule has 1 N–H and O–H groups in total. The molecule has 2 aliphatic rings. The van der Waals surface area contributed by atoms with Gasteiger partial charge in [-0.25, -0.2) is 0 Å². The van der Waals surface area contributed by atoms with Crippen LogP contribution in [0.4, 0.5) is 5.69 Å². The minimum atomic E-state index is 0.316. The number of anilines is 1. The zero-order valence-corrected chi connectivity index (χ0v) is 15.5. The van der Waals surface area contributed by atoms with E-state index in [0.717, 1.165) is 11.6 Å². The third kappa shape index (κ3) is 2.20. The van der Waals surface area contributed by atoms with E-state index in [1.54, 1.807) is 0 Å². The molecule has 4 aromatic rings. The number of nitrogens with zero attached hydrogens (tertiary/aromatic N) is 1. The molecule has 3 heteroatoms. The summed E-state index contributed by atoms with van der Waals surface area (Å²) in [5, 5.41) is 5.95. The molecule has 3 atom stereocenters. The molecule has 0 bridgehead atoms. The summed E-state index contributed by atoms with van der Waals surface area (Å²) < 4.78 is 2.50. The second-order valence-corrected chi connectivity index (χ2v) is 8.08. The van der Waals surface area contributed by atoms with Crippen molar-refractivity contribution < 1.29 is 0 Å². The lowest BCUT2D eigenvalue weighted by Crippen LogP contribution is -2.29. The maximum Gasteiger partial charge on any atom is 0.0719 e. The van der Waals surface area contributed by atoms with Crippen LogP contribution >= 0.6 is 11.6 Å². The summed E-state index contributed by atoms with van der Waals surface area (Å²) in [7, 11) is 0. The Balaban J connectivity index is 1.56. The minimum absolute atomic E-state index is 0.316. The Morgan fingerprint density at radius 1 is 0.889 bits per heavy atom. The van der Waals surface area contributed by atoms with Gasteiger partial charge in [-0.1, -0.05) is 60.1 Å². The molecular formula is C24H19ClN2. The number of rotatable bonds is 1. The Morgan fingerprint density at radius 2 is 1.70 bits per heavy atom. The third-order valence-corrected chi connectivity index (χ3v) is 6.46. The molecule has 2 nitrogen and oxygen atoms in total. The highest BCUT2D eigenvalue weighted by Gasteiger charge is 2.44. The van der Waals surface area contributed by atoms with Crippen molar-refractivity contribution in [2.24, 2.45) is 5.92 Å². The zero-order chi connectivity index (χ0) is 18.0. The van der Waals surface area contributed by atoms with Crippen LogP contribution in [-0.4, -0.2) is 4.57 Å². The van der Waals surface area contributed by atoms with Gasteiger partial charge in [-0.05, 0) is 46.8 Å². The molecule has 0 spiro atoms. The van der Waals surface area contributed by atoms with Gasteiger partial charge in [-0.3, -0.25) is 0 Å². The van der Waals surface area contributed by atoms with Crippen molar-refractivity contribution in [3.05, 3.63) is 101 Å². The SMILES string of the molecule is Clc1ccc2c(c1)[C@H](c1ccccc1)[C@@H]1Cn3c(cc4ccccc43)[C@@H]1N2. The largest absolute Gasteiger partial charge is 0.376 e. The normalized spacial score (nSPS) is 22.8. The monoisotopic (exact) mass is 370 g/mol. The molecule has 27 heavy (non-hydrogen) atoms. The van der Waals surface area contributed by atoms with Gasteiger partial charge in [0.25, 0.3) is 0 Å². The van der Waals surface area contributed by atoms with Crippen molar-refractivity contribution >= 4 is 28.2 Å². The Labute approximate surface area is 163 Å². The van der Waals surface area contributed by atoms with Crippen LogP contribution in [-0.2, 0) is 6.54 Å². The van der Waals surface area contributed by atoms with Gasteiger partial charge >= 0.3 is 0 Å². The average molecular weight is 371 g/mol. The van der Waals surface area contributed by atoms with E-state index in [4.69, 9.17) is 11.6 Å². The van der Waals surface area contributed by atoms with Gasteiger partial charge < -0.3 is 9.88 Å². The Hall–Kier alpha value is -2.71. The molecule has 0 unspecified atom stereocenters. The second-order valence-electron chi connectivity index (χ2n) is 7.64. The van der Waals surface area contributed by atoms with Gasteiger partial charge in [0, 0.05) is 40.3 Å². The van der Waals surface area contributed by atoms with Crippen LogP contribution in [0.2, 0.25) is 5.02 Å². The molecule has 0 saturated carbocycles. The van der Waals surface area contributed by atoms with Crippen LogP contribution < -0.4 is 5.32 Å². The second kappa shape index (κ2) is 5.64. The molecule has 0 saturated heterocycles. The van der Waals surface area contributed by atoms with Crippen LogP contribution in [0.15, 0.2) is 78.9 Å². The smallest absolute Gasteiger partial charge is 0.0719 e. The van der Waals surface area contributed by atoms with E-state index >= 15 is 0 Å². The van der Waals surface area contributed by atoms with Crippen LogP contribution in [0.3, 0.4) is 0 Å². The average Bonchev–Trinajstić information content (AvgIpc) is 3.23. The quantitative estimate of drug-likeness (QED) is 0.420. The van der Waals surface area contributed by atoms with Crippen molar-refractivity contribution in [3.63, 3.8) is 0 Å². The molecule has 1 aromatic heterocycles. The maximum absolute atomic E-state index is 6.39. The van der Waals surface area contributed by atoms with Crippen molar-refractivity contribution in [3.8, 4) is 0 Å². The summed E-state index contributed by atoms with van der Waals surface area (Å²) in [6, 6.07) is 28.5. The summed E-state index contributed by atoms with van der Waals surface area (Å²) >= 11 is 6.39. The van der Waals surface area contributed by atoms with Gasteiger partial charge in [0.05, 0.1) is 6.04 Å². The molecule has 0 amide bonds. The molecule has 0 aliphatic carbocycles. The van der Waals surface area contributed by atoms with E-state index < -0.39 is 0 Å². The fourth-order valence-corrected chi connectivity index (χ4v) is 5.30. The Kier molecular flexibility index (Phi) is 3.21. The summed E-state index contributed by atoms with van der Waals surface area (Å²) in [5.41, 5.74) is 6.60. The first kappa shape index (κ1) is 15.4. The lowest BCUT2D eigenvalue weighted by molar-refractivity contribution is 0.403. The summed E-state index contributed by atoms with van der Waals surface area (Å²) in [6.45, 7) is 1.02. The fraction of sp³-hybridized carbons (Fsp3) is 0.167. The molecule has 132 valence electrons. The van der Waals surface area contributed by atoms with Crippen LogP contribution in [0.1, 0.15) is 28.8 Å². The minimum Gasteiger partial charge on any atom is -0.376 e. The van der Waals surface area contributed by atoms with Crippen LogP contribution in [0.25, 0.3) is 10.9 Å². The Morgan fingerprint density at radius 3 is 2.59 bits per heavy atom. The Bertz CT molecular complexity index is 1160. The highest BCUT2D eigenvalue weighted by Crippen LogP contribution is 2.52. The topological polar surface area (TPSA) is 17.0 Å². The van der Waals surface area contributed by atoms with E-state index in [1.165, 1.54) is 33.4 Å². The third-order valence-electron chi connectivity index (χ3n) is 6.23. The van der Waals surface area contributed by atoms with Crippen LogP contribution in [0.5, 0.6) is 0 Å². The van der Waals surface area contributed by atoms with Gasteiger partial charge in [0.1, 0.15) is 0 Å². The predicted octanol–water partition coefficient (Wildman–Crippen LogP) is 6.22. The molecule has 6 rings (SSSR count). The van der Waals surface area contributed by atoms with Gasteiger partial charge in [0.15, 0.2) is 0 Å². The summed E-state index contributed by atoms with van der Waals surface area (Å²) in [5.74, 6) is 0.808. The van der Waals surface area contributed by atoms with E-state index in [2.05, 4.69) is 82.7 Å². The molecule has 3 heterocycles. The van der Waals surface area contributed by atoms with E-state index in [0.29, 0.717) is 17.9 Å². The van der Waals surface area contributed by atoms with Gasteiger partial charge in [-0.15, -0.1) is 0 Å². The lowest BCUT2D eigenvalue weighted by atomic mass is 9.74. The highest BCUT2D eigenvalue weighted by molar-refractivity contribution is 6.30. The van der Waals surface area contributed by atoms with E-state index in [-0.39, 0.29) is 0 Å². The van der Waals surface area contributed by atoms with E-state index in [1.807, 2.05) is 6.07 Å². The number of hydrogen-bond acceptors (Lipinski definition) is 1. The first-order chi connectivity index (χ1) is 13.3. The number of fused-ring (bicyclic) bond motifs is 6. The highest BCUT2D eigenvalue weighted by atomic mass is 35.5. The molecule has 3 aromatic carbocycles. The van der Waals surface area contributed by atoms with Crippen molar-refractivity contribution in [1.82, 2.24) is 4.57 Å². The van der Waals surface area contributed by atoms with E-state index in [9.17, 15) is 0 Å². The lowest BCUT2D eigenvalue weighted by Gasteiger charge is -2.37. The number of hydrogen-bond donors (Lipinski definition) is 1. The summed E-state index contributed by atoms with van der Waals surface area (Å²) in [6.07, 6.45) is 0. The predicted molar refractivity (Wildman–Crippen MR) is 112 cm³/mol. The number of para-hydroxylation sites is 1. The van der Waals surface area contributed by atoms with Gasteiger partial charge in [0.2, 0.25) is 0 Å². The zero-order valence-electron chi connectivity index (χ0n) is 14.8. The number of halogens is 1. The number of aromatic nitrogens is 1. The van der Waals surface area contributed by atoms with Crippen LogP contribution in [0, 0.1) is 5.92 Å². The van der Waals surface area contributed by atoms with Crippen molar-refractivity contribution in [1.29, 1.82) is 0 Å². The molecular weight excluding hydrogens is 352 g/mol. The molecule has 0 radical (unpaired) electrons.